The molecule has 1 N–H and O–H groups in total. The summed E-state index contributed by atoms with van der Waals surface area (Å²) in [6.45, 7) is 4.62. The van der Waals surface area contributed by atoms with Crippen LogP contribution in [0.1, 0.15) is 154 Å². The Balaban J connectivity index is 1.74. The van der Waals surface area contributed by atoms with Crippen LogP contribution >= 0.6 is 0 Å². The largest absolute Gasteiger partial charge is 0.250 e. The topological polar surface area (TPSA) is 19.7 Å². The summed E-state index contributed by atoms with van der Waals surface area (Å²) in [6, 6.07) is 11.8. The molecule has 2 unspecified atom stereocenters. The number of hydrogen-bond acceptors (Lipinski definition) is 0. The number of aromatic amines is 1. The van der Waals surface area contributed by atoms with Gasteiger partial charge in [0.15, 0.2) is 0 Å². The second kappa shape index (κ2) is 21.5. The number of nitrogens with zero attached hydrogens (tertiary/aromatic N) is 1. The van der Waals surface area contributed by atoms with E-state index in [4.69, 9.17) is 0 Å². The van der Waals surface area contributed by atoms with E-state index in [9.17, 15) is 0 Å². The van der Waals surface area contributed by atoms with Gasteiger partial charge < -0.3 is 0 Å². The number of unbranched alkanes of at least 4 members (excludes halogenated alkanes) is 16. The van der Waals surface area contributed by atoms with Crippen molar-refractivity contribution in [1.29, 1.82) is 0 Å². The third-order valence-electron chi connectivity index (χ3n) is 8.12. The van der Waals surface area contributed by atoms with Crippen molar-refractivity contribution in [2.75, 3.05) is 0 Å². The lowest BCUT2D eigenvalue weighted by Crippen LogP contribution is -2.42. The Morgan fingerprint density at radius 2 is 1.11 bits per heavy atom. The first-order valence-corrected chi connectivity index (χ1v) is 15.9. The lowest BCUT2D eigenvalue weighted by Gasteiger charge is -2.25. The van der Waals surface area contributed by atoms with Crippen molar-refractivity contribution < 1.29 is 4.57 Å². The Labute approximate surface area is 224 Å². The minimum Gasteiger partial charge on any atom is -0.250 e. The Hall–Kier alpha value is -1.57. The average Bonchev–Trinajstić information content (AvgIpc) is 3.44. The molecule has 0 fully saturated rings. The Bertz CT molecular complexity index is 693. The number of aromatic nitrogens is 2. The molecule has 2 aromatic rings. The van der Waals surface area contributed by atoms with E-state index in [1.807, 2.05) is 0 Å². The van der Waals surface area contributed by atoms with Crippen LogP contribution < -0.4 is 4.57 Å². The SMILES string of the molecule is CCCCCCCCCCCCCCCC(C(CCCCCCC)Cc1ccccc1)[n+]1cc[nH]c1. The van der Waals surface area contributed by atoms with Crippen molar-refractivity contribution in [1.82, 2.24) is 4.98 Å². The zero-order valence-electron chi connectivity index (χ0n) is 24.1. The Morgan fingerprint density at radius 1 is 0.611 bits per heavy atom. The van der Waals surface area contributed by atoms with Crippen molar-refractivity contribution in [2.45, 2.75) is 155 Å². The normalized spacial score (nSPS) is 13.2. The van der Waals surface area contributed by atoms with E-state index >= 15 is 0 Å². The van der Waals surface area contributed by atoms with Crippen LogP contribution in [0.25, 0.3) is 0 Å². The first-order valence-electron chi connectivity index (χ1n) is 15.9. The van der Waals surface area contributed by atoms with Crippen LogP contribution in [0, 0.1) is 5.92 Å². The average molecular weight is 496 g/mol. The maximum atomic E-state index is 3.33. The van der Waals surface area contributed by atoms with E-state index in [0.29, 0.717) is 12.0 Å². The number of hydrogen-bond donors (Lipinski definition) is 1. The Kier molecular flexibility index (Phi) is 18.3. The van der Waals surface area contributed by atoms with Gasteiger partial charge in [0, 0.05) is 5.92 Å². The molecule has 1 aromatic carbocycles. The lowest BCUT2D eigenvalue weighted by atomic mass is 9.84. The third kappa shape index (κ3) is 14.2. The molecule has 2 rings (SSSR count). The van der Waals surface area contributed by atoms with Crippen molar-refractivity contribution in [3.63, 3.8) is 0 Å². The molecule has 0 saturated carbocycles. The summed E-state index contributed by atoms with van der Waals surface area (Å²) in [5.41, 5.74) is 1.50. The summed E-state index contributed by atoms with van der Waals surface area (Å²) < 4.78 is 2.49. The molecule has 2 nitrogen and oxygen atoms in total. The van der Waals surface area contributed by atoms with Gasteiger partial charge in [-0.1, -0.05) is 153 Å². The zero-order chi connectivity index (χ0) is 25.5. The standard InChI is InChI=1S/C34H58N2/c1-3-5-7-9-10-11-12-13-14-15-16-18-23-27-34(36-29-28-35-31-36)33(26-22-17-8-6-4-2)30-32-24-20-19-21-25-32/h19-21,24-25,28-29,31,33-34H,3-18,22-23,26-27,30H2,1-2H3/p+1. The maximum absolute atomic E-state index is 3.33. The maximum Gasteiger partial charge on any atom is 0.241 e. The molecule has 0 bridgehead atoms. The van der Waals surface area contributed by atoms with Crippen LogP contribution in [-0.2, 0) is 6.42 Å². The minimum atomic E-state index is 0.607. The highest BCUT2D eigenvalue weighted by Crippen LogP contribution is 2.29. The van der Waals surface area contributed by atoms with E-state index in [2.05, 4.69) is 72.5 Å². The summed E-state index contributed by atoms with van der Waals surface area (Å²) in [5, 5.41) is 0. The van der Waals surface area contributed by atoms with Gasteiger partial charge in [0.1, 0.15) is 18.4 Å². The number of benzene rings is 1. The van der Waals surface area contributed by atoms with Gasteiger partial charge in [0.05, 0.1) is 0 Å². The third-order valence-corrected chi connectivity index (χ3v) is 8.12. The van der Waals surface area contributed by atoms with Crippen molar-refractivity contribution in [2.24, 2.45) is 5.92 Å². The van der Waals surface area contributed by atoms with Gasteiger partial charge in [-0.3, -0.25) is 4.98 Å². The highest BCUT2D eigenvalue weighted by molar-refractivity contribution is 5.15. The monoisotopic (exact) mass is 495 g/mol. The van der Waals surface area contributed by atoms with Crippen LogP contribution in [0.4, 0.5) is 0 Å². The molecule has 0 aliphatic heterocycles. The van der Waals surface area contributed by atoms with Crippen molar-refractivity contribution in [3.05, 3.63) is 54.6 Å². The van der Waals surface area contributed by atoms with Gasteiger partial charge in [0.25, 0.3) is 0 Å². The summed E-state index contributed by atoms with van der Waals surface area (Å²) in [7, 11) is 0. The molecule has 0 radical (unpaired) electrons. The second-order valence-corrected chi connectivity index (χ2v) is 11.3. The van der Waals surface area contributed by atoms with Gasteiger partial charge in [-0.25, -0.2) is 4.57 Å². The quantitative estimate of drug-likeness (QED) is 0.110. The smallest absolute Gasteiger partial charge is 0.241 e. The highest BCUT2D eigenvalue weighted by Gasteiger charge is 2.26. The van der Waals surface area contributed by atoms with E-state index in [-0.39, 0.29) is 0 Å². The molecule has 0 aliphatic rings. The highest BCUT2D eigenvalue weighted by atomic mass is 15.1. The van der Waals surface area contributed by atoms with E-state index in [1.165, 1.54) is 140 Å². The summed E-state index contributed by atoms with van der Waals surface area (Å²) >= 11 is 0. The fourth-order valence-corrected chi connectivity index (χ4v) is 5.86. The molecular formula is C34H59N2+. The molecule has 0 saturated heterocycles. The summed E-state index contributed by atoms with van der Waals surface area (Å²) in [5.74, 6) is 0.715. The van der Waals surface area contributed by atoms with Crippen LogP contribution in [0.15, 0.2) is 49.1 Å². The Morgan fingerprint density at radius 3 is 1.61 bits per heavy atom. The molecule has 2 atom stereocenters. The van der Waals surface area contributed by atoms with Crippen LogP contribution in [0.2, 0.25) is 0 Å². The molecule has 1 heterocycles. The van der Waals surface area contributed by atoms with Crippen molar-refractivity contribution >= 4 is 0 Å². The van der Waals surface area contributed by atoms with Crippen LogP contribution in [-0.4, -0.2) is 4.98 Å². The van der Waals surface area contributed by atoms with Gasteiger partial charge in [-0.15, -0.1) is 0 Å². The minimum absolute atomic E-state index is 0.607. The molecule has 36 heavy (non-hydrogen) atoms. The van der Waals surface area contributed by atoms with E-state index < -0.39 is 0 Å². The van der Waals surface area contributed by atoms with E-state index in [0.717, 1.165) is 0 Å². The van der Waals surface area contributed by atoms with Gasteiger partial charge >= 0.3 is 0 Å². The fraction of sp³-hybridized carbons (Fsp3) is 0.735. The zero-order valence-corrected chi connectivity index (χ0v) is 24.1. The lowest BCUT2D eigenvalue weighted by molar-refractivity contribution is -0.730. The van der Waals surface area contributed by atoms with Gasteiger partial charge in [-0.2, -0.15) is 0 Å². The van der Waals surface area contributed by atoms with Crippen molar-refractivity contribution in [3.8, 4) is 0 Å². The number of rotatable bonds is 24. The molecular weight excluding hydrogens is 436 g/mol. The first kappa shape index (κ1) is 30.7. The molecule has 2 heteroatoms. The molecule has 0 aliphatic carbocycles. The number of H-pyrrole nitrogens is 1. The first-order chi connectivity index (χ1) is 17.8. The van der Waals surface area contributed by atoms with Crippen LogP contribution in [0.3, 0.4) is 0 Å². The summed E-state index contributed by atoms with van der Waals surface area (Å²) in [4.78, 5) is 3.33. The number of nitrogens with one attached hydrogen (secondary N) is 1. The second-order valence-electron chi connectivity index (χ2n) is 11.3. The van der Waals surface area contributed by atoms with E-state index in [1.54, 1.807) is 0 Å². The predicted molar refractivity (Wildman–Crippen MR) is 157 cm³/mol. The summed E-state index contributed by atoms with van der Waals surface area (Å²) in [6.07, 6.45) is 35.9. The molecule has 1 aromatic heterocycles. The van der Waals surface area contributed by atoms with Crippen LogP contribution in [0.5, 0.6) is 0 Å². The molecule has 0 amide bonds. The molecule has 0 spiro atoms. The number of imidazole rings is 1. The fourth-order valence-electron chi connectivity index (χ4n) is 5.86. The predicted octanol–water partition coefficient (Wildman–Crippen LogP) is 10.5. The van der Waals surface area contributed by atoms with Gasteiger partial charge in [0.2, 0.25) is 6.33 Å². The molecule has 204 valence electrons. The van der Waals surface area contributed by atoms with Gasteiger partial charge in [-0.05, 0) is 31.2 Å².